The van der Waals surface area contributed by atoms with Crippen LogP contribution < -0.4 is 10.6 Å². The normalized spacial score (nSPS) is 19.1. The van der Waals surface area contributed by atoms with E-state index in [9.17, 15) is 9.59 Å². The van der Waals surface area contributed by atoms with Crippen molar-refractivity contribution >= 4 is 24.2 Å². The highest BCUT2D eigenvalue weighted by Gasteiger charge is 2.25. The van der Waals surface area contributed by atoms with Gasteiger partial charge in [0.25, 0.3) is 0 Å². The van der Waals surface area contributed by atoms with E-state index in [2.05, 4.69) is 10.6 Å². The highest BCUT2D eigenvalue weighted by Crippen LogP contribution is 2.09. The van der Waals surface area contributed by atoms with Gasteiger partial charge in [-0.3, -0.25) is 14.9 Å². The Kier molecular flexibility index (Phi) is 5.31. The third-order valence-electron chi connectivity index (χ3n) is 3.04. The van der Waals surface area contributed by atoms with Crippen LogP contribution in [0.4, 0.5) is 0 Å². The molecule has 1 aliphatic rings. The summed E-state index contributed by atoms with van der Waals surface area (Å²) in [5.74, 6) is -0.390. The van der Waals surface area contributed by atoms with Gasteiger partial charge in [-0.15, -0.1) is 12.4 Å². The Balaban J connectivity index is 0.00000162. The molecule has 4 nitrogen and oxygen atoms in total. The molecule has 1 aromatic rings. The highest BCUT2D eigenvalue weighted by atomic mass is 35.5. The second-order valence-electron chi connectivity index (χ2n) is 4.31. The molecule has 1 saturated heterocycles. The molecule has 0 aliphatic carbocycles. The predicted octanol–water partition coefficient (Wildman–Crippen LogP) is 1.31. The van der Waals surface area contributed by atoms with Crippen molar-refractivity contribution in [1.82, 2.24) is 10.6 Å². The van der Waals surface area contributed by atoms with Gasteiger partial charge in [0.2, 0.25) is 11.8 Å². The lowest BCUT2D eigenvalue weighted by molar-refractivity contribution is -0.134. The van der Waals surface area contributed by atoms with Gasteiger partial charge in [0.15, 0.2) is 0 Å². The van der Waals surface area contributed by atoms with E-state index in [0.717, 1.165) is 0 Å². The van der Waals surface area contributed by atoms with E-state index in [-0.39, 0.29) is 30.3 Å². The number of aryl methyl sites for hydroxylation is 1. The standard InChI is InChI=1S/C13H16N2O2.ClH/c1-9-4-2-3-5-10(9)8-14-11-6-7-12(16)15-13(11)17;/h2-5,11,14H,6-8H2,1H3,(H,15,16,17);1H. The molecule has 2 amide bonds. The van der Waals surface area contributed by atoms with Gasteiger partial charge in [-0.05, 0) is 24.5 Å². The van der Waals surface area contributed by atoms with Crippen molar-refractivity contribution in [1.29, 1.82) is 0 Å². The summed E-state index contributed by atoms with van der Waals surface area (Å²) < 4.78 is 0. The fourth-order valence-corrected chi connectivity index (χ4v) is 1.93. The second kappa shape index (κ2) is 6.52. The molecule has 1 heterocycles. The first kappa shape index (κ1) is 14.7. The van der Waals surface area contributed by atoms with Crippen molar-refractivity contribution < 1.29 is 9.59 Å². The number of amides is 2. The molecule has 0 bridgehead atoms. The molecule has 5 heteroatoms. The number of carbonyl (C=O) groups is 2. The smallest absolute Gasteiger partial charge is 0.243 e. The van der Waals surface area contributed by atoms with Crippen LogP contribution >= 0.6 is 12.4 Å². The number of hydrogen-bond acceptors (Lipinski definition) is 3. The molecular weight excluding hydrogens is 252 g/mol. The topological polar surface area (TPSA) is 58.2 Å². The highest BCUT2D eigenvalue weighted by molar-refractivity contribution is 6.00. The summed E-state index contributed by atoms with van der Waals surface area (Å²) in [5, 5.41) is 5.52. The van der Waals surface area contributed by atoms with Crippen LogP contribution in [0.25, 0.3) is 0 Å². The van der Waals surface area contributed by atoms with E-state index in [0.29, 0.717) is 19.4 Å². The maximum absolute atomic E-state index is 11.5. The van der Waals surface area contributed by atoms with Crippen molar-refractivity contribution in [2.75, 3.05) is 0 Å². The molecule has 1 unspecified atom stereocenters. The lowest BCUT2D eigenvalue weighted by Crippen LogP contribution is -2.50. The lowest BCUT2D eigenvalue weighted by Gasteiger charge is -2.22. The molecule has 98 valence electrons. The Hall–Kier alpha value is -1.39. The first-order valence-corrected chi connectivity index (χ1v) is 5.78. The first-order chi connectivity index (χ1) is 8.16. The van der Waals surface area contributed by atoms with Gasteiger partial charge >= 0.3 is 0 Å². The molecule has 1 aromatic carbocycles. The number of carbonyl (C=O) groups excluding carboxylic acids is 2. The number of imide groups is 1. The molecule has 2 N–H and O–H groups in total. The van der Waals surface area contributed by atoms with Gasteiger partial charge in [-0.25, -0.2) is 0 Å². The molecule has 0 spiro atoms. The lowest BCUT2D eigenvalue weighted by atomic mass is 10.0. The molecular formula is C13H17ClN2O2. The van der Waals surface area contributed by atoms with Crippen LogP contribution in [0.15, 0.2) is 24.3 Å². The van der Waals surface area contributed by atoms with Gasteiger partial charge in [0, 0.05) is 13.0 Å². The summed E-state index contributed by atoms with van der Waals surface area (Å²) in [6, 6.07) is 7.79. The molecule has 1 atom stereocenters. The van der Waals surface area contributed by atoms with E-state index in [1.807, 2.05) is 31.2 Å². The first-order valence-electron chi connectivity index (χ1n) is 5.78. The summed E-state index contributed by atoms with van der Waals surface area (Å²) in [5.41, 5.74) is 2.38. The number of nitrogens with one attached hydrogen (secondary N) is 2. The summed E-state index contributed by atoms with van der Waals surface area (Å²) in [6.45, 7) is 2.69. The fraction of sp³-hybridized carbons (Fsp3) is 0.385. The third kappa shape index (κ3) is 3.55. The van der Waals surface area contributed by atoms with Crippen LogP contribution in [-0.2, 0) is 16.1 Å². The van der Waals surface area contributed by atoms with Gasteiger partial charge in [-0.1, -0.05) is 24.3 Å². The Morgan fingerprint density at radius 3 is 2.72 bits per heavy atom. The van der Waals surface area contributed by atoms with Crippen molar-refractivity contribution in [2.24, 2.45) is 0 Å². The predicted molar refractivity (Wildman–Crippen MR) is 71.4 cm³/mol. The average Bonchev–Trinajstić information content (AvgIpc) is 2.30. The van der Waals surface area contributed by atoms with Gasteiger partial charge < -0.3 is 5.32 Å². The number of rotatable bonds is 3. The molecule has 0 aromatic heterocycles. The van der Waals surface area contributed by atoms with Crippen molar-refractivity contribution in [2.45, 2.75) is 32.4 Å². The molecule has 1 fully saturated rings. The monoisotopic (exact) mass is 268 g/mol. The number of halogens is 1. The number of benzene rings is 1. The minimum absolute atomic E-state index is 0. The van der Waals surface area contributed by atoms with E-state index in [4.69, 9.17) is 0 Å². The Bertz CT molecular complexity index is 448. The van der Waals surface area contributed by atoms with Gasteiger partial charge in [0.1, 0.15) is 0 Å². The van der Waals surface area contributed by atoms with Crippen LogP contribution in [0.2, 0.25) is 0 Å². The maximum atomic E-state index is 11.5. The quantitative estimate of drug-likeness (QED) is 0.813. The van der Waals surface area contributed by atoms with Crippen LogP contribution in [0.3, 0.4) is 0 Å². The van der Waals surface area contributed by atoms with Crippen LogP contribution in [-0.4, -0.2) is 17.9 Å². The van der Waals surface area contributed by atoms with E-state index < -0.39 is 0 Å². The molecule has 0 saturated carbocycles. The van der Waals surface area contributed by atoms with Crippen molar-refractivity contribution in [3.63, 3.8) is 0 Å². The zero-order chi connectivity index (χ0) is 12.3. The average molecular weight is 269 g/mol. The second-order valence-corrected chi connectivity index (χ2v) is 4.31. The number of piperidine rings is 1. The zero-order valence-corrected chi connectivity index (χ0v) is 11.0. The molecule has 0 radical (unpaired) electrons. The maximum Gasteiger partial charge on any atom is 0.243 e. The minimum Gasteiger partial charge on any atom is -0.302 e. The largest absolute Gasteiger partial charge is 0.302 e. The SMILES string of the molecule is Cc1ccccc1CNC1CCC(=O)NC1=O.Cl. The molecule has 2 rings (SSSR count). The van der Waals surface area contributed by atoms with Gasteiger partial charge in [0.05, 0.1) is 6.04 Å². The Morgan fingerprint density at radius 1 is 1.33 bits per heavy atom. The van der Waals surface area contributed by atoms with Crippen molar-refractivity contribution in [3.8, 4) is 0 Å². The Labute approximate surface area is 113 Å². The summed E-state index contributed by atoms with van der Waals surface area (Å²) in [6.07, 6.45) is 0.994. The number of hydrogen-bond donors (Lipinski definition) is 2. The van der Waals surface area contributed by atoms with E-state index >= 15 is 0 Å². The Morgan fingerprint density at radius 2 is 2.06 bits per heavy atom. The van der Waals surface area contributed by atoms with Crippen LogP contribution in [0, 0.1) is 6.92 Å². The summed E-state index contributed by atoms with van der Waals surface area (Å²) >= 11 is 0. The summed E-state index contributed by atoms with van der Waals surface area (Å²) in [7, 11) is 0. The zero-order valence-electron chi connectivity index (χ0n) is 10.2. The van der Waals surface area contributed by atoms with E-state index in [1.54, 1.807) is 0 Å². The minimum atomic E-state index is -0.257. The van der Waals surface area contributed by atoms with E-state index in [1.165, 1.54) is 11.1 Å². The van der Waals surface area contributed by atoms with Gasteiger partial charge in [-0.2, -0.15) is 0 Å². The third-order valence-corrected chi connectivity index (χ3v) is 3.04. The molecule has 1 aliphatic heterocycles. The molecule has 18 heavy (non-hydrogen) atoms. The summed E-state index contributed by atoms with van der Waals surface area (Å²) in [4.78, 5) is 22.5. The fourth-order valence-electron chi connectivity index (χ4n) is 1.93. The van der Waals surface area contributed by atoms with Crippen LogP contribution in [0.5, 0.6) is 0 Å². The van der Waals surface area contributed by atoms with Crippen LogP contribution in [0.1, 0.15) is 24.0 Å². The van der Waals surface area contributed by atoms with Crippen molar-refractivity contribution in [3.05, 3.63) is 35.4 Å².